The molecule has 1 aromatic rings. The second kappa shape index (κ2) is 8.12. The van der Waals surface area contributed by atoms with Crippen LogP contribution in [0.2, 0.25) is 0 Å². The number of carbonyl (C=O) groups is 1. The van der Waals surface area contributed by atoms with E-state index in [1.165, 1.54) is 0 Å². The smallest absolute Gasteiger partial charge is 0.224 e. The maximum Gasteiger partial charge on any atom is 0.224 e. The number of nitrogens with zero attached hydrogens (tertiary/aromatic N) is 2. The molecule has 1 aromatic carbocycles. The standard InChI is InChI=1S/C16H26N4O/c1-19-8-10-20(11-9-19)7-6-18-16(21)12-14-2-4-15(13-17)5-3-14/h2-5H,6-13,17H2,1H3,(H,18,21). The van der Waals surface area contributed by atoms with Crippen LogP contribution in [0.4, 0.5) is 0 Å². The maximum absolute atomic E-state index is 11.9. The second-order valence-corrected chi connectivity index (χ2v) is 5.69. The van der Waals surface area contributed by atoms with Crippen LogP contribution in [0, 0.1) is 0 Å². The predicted octanol–water partition coefficient (Wildman–Crippen LogP) is 0.0514. The van der Waals surface area contributed by atoms with Crippen LogP contribution in [0.15, 0.2) is 24.3 Å². The summed E-state index contributed by atoms with van der Waals surface area (Å²) in [7, 11) is 2.15. The molecule has 1 fully saturated rings. The highest BCUT2D eigenvalue weighted by molar-refractivity contribution is 5.78. The highest BCUT2D eigenvalue weighted by Gasteiger charge is 2.13. The van der Waals surface area contributed by atoms with E-state index in [0.29, 0.717) is 13.0 Å². The van der Waals surface area contributed by atoms with Crippen LogP contribution in [-0.2, 0) is 17.8 Å². The SMILES string of the molecule is CN1CCN(CCNC(=O)Cc2ccc(CN)cc2)CC1. The lowest BCUT2D eigenvalue weighted by Crippen LogP contribution is -2.47. The first-order valence-electron chi connectivity index (χ1n) is 7.63. The number of likely N-dealkylation sites (N-methyl/N-ethyl adjacent to an activating group) is 1. The summed E-state index contributed by atoms with van der Waals surface area (Å²) in [5, 5.41) is 3.00. The third-order valence-corrected chi connectivity index (χ3v) is 3.97. The van der Waals surface area contributed by atoms with Crippen molar-refractivity contribution < 1.29 is 4.79 Å². The van der Waals surface area contributed by atoms with E-state index in [1.807, 2.05) is 24.3 Å². The van der Waals surface area contributed by atoms with Gasteiger partial charge in [0.05, 0.1) is 6.42 Å². The molecule has 3 N–H and O–H groups in total. The average Bonchev–Trinajstić information content (AvgIpc) is 2.50. The minimum Gasteiger partial charge on any atom is -0.355 e. The van der Waals surface area contributed by atoms with E-state index in [2.05, 4.69) is 22.2 Å². The molecule has 0 saturated carbocycles. The summed E-state index contributed by atoms with van der Waals surface area (Å²) >= 11 is 0. The van der Waals surface area contributed by atoms with Crippen LogP contribution < -0.4 is 11.1 Å². The summed E-state index contributed by atoms with van der Waals surface area (Å²) in [4.78, 5) is 16.6. The first-order chi connectivity index (χ1) is 10.2. The van der Waals surface area contributed by atoms with Gasteiger partial charge in [-0.2, -0.15) is 0 Å². The van der Waals surface area contributed by atoms with Gasteiger partial charge >= 0.3 is 0 Å². The zero-order valence-electron chi connectivity index (χ0n) is 12.8. The number of amides is 1. The third-order valence-electron chi connectivity index (χ3n) is 3.97. The second-order valence-electron chi connectivity index (χ2n) is 5.69. The molecular formula is C16H26N4O. The number of nitrogens with two attached hydrogens (primary N) is 1. The van der Waals surface area contributed by atoms with Crippen molar-refractivity contribution in [3.63, 3.8) is 0 Å². The summed E-state index contributed by atoms with van der Waals surface area (Å²) in [6, 6.07) is 7.91. The molecule has 0 aliphatic carbocycles. The van der Waals surface area contributed by atoms with Crippen LogP contribution in [0.3, 0.4) is 0 Å². The lowest BCUT2D eigenvalue weighted by atomic mass is 10.1. The fourth-order valence-electron chi connectivity index (χ4n) is 2.47. The zero-order chi connectivity index (χ0) is 15.1. The summed E-state index contributed by atoms with van der Waals surface area (Å²) in [5.41, 5.74) is 7.68. The highest BCUT2D eigenvalue weighted by Crippen LogP contribution is 2.04. The van der Waals surface area contributed by atoms with Gasteiger partial charge in [-0.15, -0.1) is 0 Å². The molecule has 0 radical (unpaired) electrons. The Kier molecular flexibility index (Phi) is 6.17. The first kappa shape index (κ1) is 15.9. The third kappa shape index (κ3) is 5.46. The van der Waals surface area contributed by atoms with Gasteiger partial charge in [0, 0.05) is 45.8 Å². The van der Waals surface area contributed by atoms with Crippen molar-refractivity contribution in [2.24, 2.45) is 5.73 Å². The largest absolute Gasteiger partial charge is 0.355 e. The van der Waals surface area contributed by atoms with Crippen molar-refractivity contribution in [2.75, 3.05) is 46.3 Å². The number of rotatable bonds is 6. The van der Waals surface area contributed by atoms with Gasteiger partial charge in [-0.3, -0.25) is 9.69 Å². The van der Waals surface area contributed by atoms with E-state index >= 15 is 0 Å². The maximum atomic E-state index is 11.9. The molecule has 0 atom stereocenters. The van der Waals surface area contributed by atoms with Crippen LogP contribution in [-0.4, -0.2) is 62.0 Å². The van der Waals surface area contributed by atoms with Crippen LogP contribution >= 0.6 is 0 Å². The molecule has 0 spiro atoms. The molecule has 5 heteroatoms. The lowest BCUT2D eigenvalue weighted by Gasteiger charge is -2.32. The van der Waals surface area contributed by atoms with Gasteiger partial charge in [0.1, 0.15) is 0 Å². The van der Waals surface area contributed by atoms with Crippen molar-refractivity contribution in [3.8, 4) is 0 Å². The molecule has 116 valence electrons. The molecule has 1 heterocycles. The van der Waals surface area contributed by atoms with Crippen molar-refractivity contribution in [1.29, 1.82) is 0 Å². The van der Waals surface area contributed by atoms with Gasteiger partial charge in [-0.05, 0) is 18.2 Å². The first-order valence-corrected chi connectivity index (χ1v) is 7.63. The Morgan fingerprint density at radius 3 is 2.38 bits per heavy atom. The Bertz CT molecular complexity index is 438. The van der Waals surface area contributed by atoms with E-state index < -0.39 is 0 Å². The Balaban J connectivity index is 1.65. The van der Waals surface area contributed by atoms with E-state index in [0.717, 1.165) is 50.4 Å². The number of carbonyl (C=O) groups excluding carboxylic acids is 1. The molecular weight excluding hydrogens is 264 g/mol. The average molecular weight is 290 g/mol. The molecule has 0 bridgehead atoms. The zero-order valence-corrected chi connectivity index (χ0v) is 12.8. The Morgan fingerprint density at radius 1 is 1.14 bits per heavy atom. The van der Waals surface area contributed by atoms with Gasteiger partial charge in [0.25, 0.3) is 0 Å². The van der Waals surface area contributed by atoms with E-state index in [9.17, 15) is 4.79 Å². The molecule has 1 aliphatic heterocycles. The minimum absolute atomic E-state index is 0.0876. The quantitative estimate of drug-likeness (QED) is 0.777. The monoisotopic (exact) mass is 290 g/mol. The van der Waals surface area contributed by atoms with Crippen molar-refractivity contribution >= 4 is 5.91 Å². The number of piperazine rings is 1. The van der Waals surface area contributed by atoms with Crippen molar-refractivity contribution in [3.05, 3.63) is 35.4 Å². The Labute approximate surface area is 127 Å². The van der Waals surface area contributed by atoms with Crippen molar-refractivity contribution in [1.82, 2.24) is 15.1 Å². The number of nitrogens with one attached hydrogen (secondary N) is 1. The summed E-state index contributed by atoms with van der Waals surface area (Å²) in [6.45, 7) is 6.61. The van der Waals surface area contributed by atoms with Gasteiger partial charge < -0.3 is 16.0 Å². The number of hydrogen-bond donors (Lipinski definition) is 2. The van der Waals surface area contributed by atoms with Crippen LogP contribution in [0.25, 0.3) is 0 Å². The Hall–Kier alpha value is -1.43. The fourth-order valence-corrected chi connectivity index (χ4v) is 2.47. The molecule has 1 amide bonds. The highest BCUT2D eigenvalue weighted by atomic mass is 16.1. The van der Waals surface area contributed by atoms with Gasteiger partial charge in [0.2, 0.25) is 5.91 Å². The van der Waals surface area contributed by atoms with E-state index in [-0.39, 0.29) is 5.91 Å². The van der Waals surface area contributed by atoms with Crippen molar-refractivity contribution in [2.45, 2.75) is 13.0 Å². The van der Waals surface area contributed by atoms with Gasteiger partial charge in [-0.1, -0.05) is 24.3 Å². The van der Waals surface area contributed by atoms with Crippen LogP contribution in [0.5, 0.6) is 0 Å². The molecule has 0 aromatic heterocycles. The topological polar surface area (TPSA) is 61.6 Å². The number of benzene rings is 1. The fraction of sp³-hybridized carbons (Fsp3) is 0.562. The molecule has 0 unspecified atom stereocenters. The molecule has 1 aliphatic rings. The van der Waals surface area contributed by atoms with Gasteiger partial charge in [-0.25, -0.2) is 0 Å². The number of hydrogen-bond acceptors (Lipinski definition) is 4. The summed E-state index contributed by atoms with van der Waals surface area (Å²) in [6.07, 6.45) is 0.438. The normalized spacial score (nSPS) is 16.9. The predicted molar refractivity (Wildman–Crippen MR) is 85.0 cm³/mol. The van der Waals surface area contributed by atoms with Crippen LogP contribution in [0.1, 0.15) is 11.1 Å². The molecule has 1 saturated heterocycles. The minimum atomic E-state index is 0.0876. The molecule has 5 nitrogen and oxygen atoms in total. The van der Waals surface area contributed by atoms with E-state index in [1.54, 1.807) is 0 Å². The lowest BCUT2D eigenvalue weighted by molar-refractivity contribution is -0.120. The molecule has 21 heavy (non-hydrogen) atoms. The van der Waals surface area contributed by atoms with Gasteiger partial charge in [0.15, 0.2) is 0 Å². The summed E-state index contributed by atoms with van der Waals surface area (Å²) < 4.78 is 0. The summed E-state index contributed by atoms with van der Waals surface area (Å²) in [5.74, 6) is 0.0876. The van der Waals surface area contributed by atoms with E-state index in [4.69, 9.17) is 5.73 Å². The Morgan fingerprint density at radius 2 is 1.76 bits per heavy atom. The molecule has 2 rings (SSSR count).